The number of hydrogen-bond acceptors (Lipinski definition) is 7. The highest BCUT2D eigenvalue weighted by Gasteiger charge is 2.34. The van der Waals surface area contributed by atoms with Gasteiger partial charge in [-0.1, -0.05) is 18.2 Å². The Labute approximate surface area is 184 Å². The van der Waals surface area contributed by atoms with Crippen molar-refractivity contribution in [2.75, 3.05) is 32.8 Å². The normalized spacial score (nSPS) is 20.5. The molecular weight excluding hydrogens is 415 g/mol. The Balaban J connectivity index is 1.39. The van der Waals surface area contributed by atoms with Crippen LogP contribution in [0, 0.1) is 5.82 Å². The number of halogens is 1. The van der Waals surface area contributed by atoms with Crippen LogP contribution < -0.4 is 0 Å². The van der Waals surface area contributed by atoms with Gasteiger partial charge in [0.1, 0.15) is 11.9 Å². The number of aromatic nitrogens is 4. The lowest BCUT2D eigenvalue weighted by Crippen LogP contribution is -2.50. The molecule has 2 aromatic heterocycles. The zero-order valence-corrected chi connectivity index (χ0v) is 17.6. The minimum Gasteiger partial charge on any atom is -0.459 e. The quantitative estimate of drug-likeness (QED) is 0.580. The summed E-state index contributed by atoms with van der Waals surface area (Å²) in [7, 11) is 0. The van der Waals surface area contributed by atoms with Crippen LogP contribution in [0.2, 0.25) is 0 Å². The van der Waals surface area contributed by atoms with Crippen molar-refractivity contribution in [2.24, 2.45) is 0 Å². The number of tetrazole rings is 1. The number of rotatable bonds is 6. The van der Waals surface area contributed by atoms with Crippen LogP contribution in [-0.4, -0.2) is 74.8 Å². The minimum atomic E-state index is -0.464. The standard InChI is InChI=1S/C22H25FN6O3/c23-18-7-2-1-6-17(18)20(21-24-25-26-29(21)15-16-5-3-13-31-16)27-9-11-28(12-10-27)22(30)19-8-4-14-32-19/h1-2,4,6-8,14,16,20H,3,5,9-13,15H2/t16-,20+/m0/s1. The van der Waals surface area contributed by atoms with E-state index in [2.05, 4.69) is 20.4 Å². The number of amides is 1. The van der Waals surface area contributed by atoms with E-state index in [4.69, 9.17) is 9.15 Å². The number of carbonyl (C=O) groups excluding carboxylic acids is 1. The summed E-state index contributed by atoms with van der Waals surface area (Å²) in [6.45, 7) is 3.38. The number of piperazine rings is 1. The predicted molar refractivity (Wildman–Crippen MR) is 111 cm³/mol. The minimum absolute atomic E-state index is 0.0567. The fourth-order valence-corrected chi connectivity index (χ4v) is 4.45. The Morgan fingerprint density at radius 2 is 2.00 bits per heavy atom. The molecule has 1 aromatic carbocycles. The molecule has 0 radical (unpaired) electrons. The Kier molecular flexibility index (Phi) is 5.95. The second kappa shape index (κ2) is 9.17. The first-order chi connectivity index (χ1) is 15.7. The van der Waals surface area contributed by atoms with Crippen LogP contribution in [0.3, 0.4) is 0 Å². The van der Waals surface area contributed by atoms with Gasteiger partial charge in [0.05, 0.1) is 18.9 Å². The Morgan fingerprint density at radius 1 is 1.16 bits per heavy atom. The van der Waals surface area contributed by atoms with Crippen LogP contribution in [0.4, 0.5) is 4.39 Å². The largest absolute Gasteiger partial charge is 0.459 e. The summed E-state index contributed by atoms with van der Waals surface area (Å²) >= 11 is 0. The van der Waals surface area contributed by atoms with E-state index < -0.39 is 6.04 Å². The van der Waals surface area contributed by atoms with Gasteiger partial charge in [0.15, 0.2) is 11.6 Å². The summed E-state index contributed by atoms with van der Waals surface area (Å²) in [5.74, 6) is 0.458. The van der Waals surface area contributed by atoms with Gasteiger partial charge in [-0.15, -0.1) is 5.10 Å². The first-order valence-corrected chi connectivity index (χ1v) is 10.9. The molecule has 0 unspecified atom stereocenters. The number of hydrogen-bond donors (Lipinski definition) is 0. The van der Waals surface area contributed by atoms with E-state index in [1.807, 2.05) is 6.07 Å². The van der Waals surface area contributed by atoms with Gasteiger partial charge in [-0.2, -0.15) is 0 Å². The zero-order chi connectivity index (χ0) is 21.9. The van der Waals surface area contributed by atoms with Crippen molar-refractivity contribution in [3.63, 3.8) is 0 Å². The Hall–Kier alpha value is -3.11. The van der Waals surface area contributed by atoms with E-state index in [-0.39, 0.29) is 17.8 Å². The van der Waals surface area contributed by atoms with E-state index in [0.717, 1.165) is 19.4 Å². The summed E-state index contributed by atoms with van der Waals surface area (Å²) < 4.78 is 27.6. The molecule has 1 amide bonds. The molecule has 4 heterocycles. The zero-order valence-electron chi connectivity index (χ0n) is 17.6. The topological polar surface area (TPSA) is 89.5 Å². The molecule has 2 fully saturated rings. The maximum Gasteiger partial charge on any atom is 0.289 e. The van der Waals surface area contributed by atoms with Gasteiger partial charge in [-0.05, 0) is 41.5 Å². The predicted octanol–water partition coefficient (Wildman–Crippen LogP) is 2.13. The summed E-state index contributed by atoms with van der Waals surface area (Å²) in [4.78, 5) is 16.5. The van der Waals surface area contributed by atoms with Crippen molar-refractivity contribution in [1.82, 2.24) is 30.0 Å². The third-order valence-electron chi connectivity index (χ3n) is 6.10. The maximum atomic E-state index is 14.9. The van der Waals surface area contributed by atoms with Crippen LogP contribution in [-0.2, 0) is 11.3 Å². The van der Waals surface area contributed by atoms with Crippen molar-refractivity contribution < 1.29 is 18.3 Å². The highest BCUT2D eigenvalue weighted by Crippen LogP contribution is 2.30. The molecule has 3 aromatic rings. The van der Waals surface area contributed by atoms with E-state index in [1.165, 1.54) is 12.3 Å². The van der Waals surface area contributed by atoms with Gasteiger partial charge in [-0.25, -0.2) is 9.07 Å². The van der Waals surface area contributed by atoms with Crippen molar-refractivity contribution >= 4 is 5.91 Å². The number of furan rings is 1. The molecule has 2 aliphatic rings. The fraction of sp³-hybridized carbons (Fsp3) is 0.455. The fourth-order valence-electron chi connectivity index (χ4n) is 4.45. The lowest BCUT2D eigenvalue weighted by Gasteiger charge is -2.38. The molecule has 0 bridgehead atoms. The van der Waals surface area contributed by atoms with Gasteiger partial charge >= 0.3 is 0 Å². The molecule has 5 rings (SSSR count). The van der Waals surface area contributed by atoms with Gasteiger partial charge in [0.25, 0.3) is 5.91 Å². The molecule has 0 N–H and O–H groups in total. The van der Waals surface area contributed by atoms with Crippen LogP contribution in [0.1, 0.15) is 40.8 Å². The lowest BCUT2D eigenvalue weighted by molar-refractivity contribution is 0.0548. The van der Waals surface area contributed by atoms with Crippen molar-refractivity contribution in [1.29, 1.82) is 0 Å². The molecular formula is C22H25FN6O3. The first-order valence-electron chi connectivity index (χ1n) is 10.9. The van der Waals surface area contributed by atoms with Crippen LogP contribution >= 0.6 is 0 Å². The van der Waals surface area contributed by atoms with Gasteiger partial charge in [-0.3, -0.25) is 9.69 Å². The molecule has 2 atom stereocenters. The third kappa shape index (κ3) is 4.15. The van der Waals surface area contributed by atoms with Gasteiger partial charge in [0, 0.05) is 38.3 Å². The van der Waals surface area contributed by atoms with Crippen molar-refractivity contribution in [2.45, 2.75) is 31.5 Å². The molecule has 0 aliphatic carbocycles. The van der Waals surface area contributed by atoms with E-state index in [1.54, 1.807) is 33.8 Å². The highest BCUT2D eigenvalue weighted by molar-refractivity contribution is 5.91. The molecule has 0 saturated carbocycles. The Morgan fingerprint density at radius 3 is 2.72 bits per heavy atom. The summed E-state index contributed by atoms with van der Waals surface area (Å²) in [6, 6.07) is 9.61. The van der Waals surface area contributed by atoms with Crippen molar-refractivity contribution in [3.8, 4) is 0 Å². The molecule has 9 nitrogen and oxygen atoms in total. The first kappa shape index (κ1) is 20.8. The smallest absolute Gasteiger partial charge is 0.289 e. The summed E-state index contributed by atoms with van der Waals surface area (Å²) in [6.07, 6.45) is 3.52. The lowest BCUT2D eigenvalue weighted by atomic mass is 10.0. The van der Waals surface area contributed by atoms with E-state index >= 15 is 0 Å². The second-order valence-electron chi connectivity index (χ2n) is 8.08. The monoisotopic (exact) mass is 440 g/mol. The third-order valence-corrected chi connectivity index (χ3v) is 6.10. The number of benzene rings is 1. The van der Waals surface area contributed by atoms with Gasteiger partial charge < -0.3 is 14.1 Å². The molecule has 32 heavy (non-hydrogen) atoms. The van der Waals surface area contributed by atoms with E-state index in [9.17, 15) is 9.18 Å². The number of ether oxygens (including phenoxy) is 1. The number of carbonyl (C=O) groups is 1. The highest BCUT2D eigenvalue weighted by atomic mass is 19.1. The average molecular weight is 440 g/mol. The Bertz CT molecular complexity index is 1040. The molecule has 2 aliphatic heterocycles. The van der Waals surface area contributed by atoms with Gasteiger partial charge in [0.2, 0.25) is 0 Å². The summed E-state index contributed by atoms with van der Waals surface area (Å²) in [5, 5.41) is 12.4. The van der Waals surface area contributed by atoms with Crippen molar-refractivity contribution in [3.05, 3.63) is 65.6 Å². The molecule has 10 heteroatoms. The van der Waals surface area contributed by atoms with Crippen LogP contribution in [0.15, 0.2) is 47.1 Å². The number of nitrogens with zero attached hydrogens (tertiary/aromatic N) is 6. The van der Waals surface area contributed by atoms with Crippen LogP contribution in [0.25, 0.3) is 0 Å². The SMILES string of the molecule is O=C(c1ccco1)N1CCN([C@H](c2ccccc2F)c2nnnn2C[C@@H]2CCCO2)CC1. The maximum absolute atomic E-state index is 14.9. The second-order valence-corrected chi connectivity index (χ2v) is 8.08. The van der Waals surface area contributed by atoms with Crippen LogP contribution in [0.5, 0.6) is 0 Å². The van der Waals surface area contributed by atoms with E-state index in [0.29, 0.717) is 49.9 Å². The summed E-state index contributed by atoms with van der Waals surface area (Å²) in [5.41, 5.74) is 0.515. The average Bonchev–Trinajstić information content (AvgIpc) is 3.60. The molecule has 2 saturated heterocycles. The molecule has 0 spiro atoms. The molecule has 168 valence electrons.